The van der Waals surface area contributed by atoms with Gasteiger partial charge in [-0.1, -0.05) is 36.4 Å². The fourth-order valence-electron chi connectivity index (χ4n) is 2.41. The summed E-state index contributed by atoms with van der Waals surface area (Å²) >= 11 is 0. The highest BCUT2D eigenvalue weighted by atomic mass is 16.5. The van der Waals surface area contributed by atoms with E-state index in [1.54, 1.807) is 0 Å². The van der Waals surface area contributed by atoms with Crippen molar-refractivity contribution in [3.8, 4) is 5.75 Å². The maximum absolute atomic E-state index is 9.97. The number of rotatable bonds is 6. The van der Waals surface area contributed by atoms with Gasteiger partial charge in [0.2, 0.25) is 0 Å². The third kappa shape index (κ3) is 3.37. The van der Waals surface area contributed by atoms with Crippen molar-refractivity contribution in [3.63, 3.8) is 0 Å². The molecular formula is C18H23NO2. The Labute approximate surface area is 126 Å². The van der Waals surface area contributed by atoms with Crippen molar-refractivity contribution < 1.29 is 9.84 Å². The summed E-state index contributed by atoms with van der Waals surface area (Å²) in [5.41, 5.74) is 2.52. The molecule has 2 N–H and O–H groups in total. The highest BCUT2D eigenvalue weighted by Gasteiger charge is 2.29. The summed E-state index contributed by atoms with van der Waals surface area (Å²) in [7, 11) is 0. The second kappa shape index (κ2) is 6.64. The number of para-hydroxylation sites is 2. The monoisotopic (exact) mass is 285 g/mol. The fraction of sp³-hybridized carbons (Fsp3) is 0.333. The van der Waals surface area contributed by atoms with Crippen LogP contribution in [0.3, 0.4) is 0 Å². The Morgan fingerprint density at radius 3 is 2.43 bits per heavy atom. The minimum Gasteiger partial charge on any atom is -0.494 e. The summed E-state index contributed by atoms with van der Waals surface area (Å²) in [5, 5.41) is 13.4. The Morgan fingerprint density at radius 1 is 1.10 bits per heavy atom. The average Bonchev–Trinajstić information content (AvgIpc) is 2.50. The molecule has 1 atom stereocenters. The summed E-state index contributed by atoms with van der Waals surface area (Å²) in [4.78, 5) is 0. The molecule has 0 spiro atoms. The van der Waals surface area contributed by atoms with E-state index in [1.807, 2.05) is 56.3 Å². The number of anilines is 1. The number of aliphatic hydroxyl groups excluding tert-OH is 1. The molecule has 0 aliphatic rings. The van der Waals surface area contributed by atoms with Crippen molar-refractivity contribution in [2.45, 2.75) is 26.3 Å². The topological polar surface area (TPSA) is 41.5 Å². The first-order valence-corrected chi connectivity index (χ1v) is 7.27. The largest absolute Gasteiger partial charge is 0.494 e. The number of hydrogen-bond donors (Lipinski definition) is 2. The van der Waals surface area contributed by atoms with Crippen molar-refractivity contribution >= 4 is 5.69 Å². The van der Waals surface area contributed by atoms with Crippen LogP contribution in [0.25, 0.3) is 0 Å². The van der Waals surface area contributed by atoms with Crippen LogP contribution in [0.1, 0.15) is 25.0 Å². The Kier molecular flexibility index (Phi) is 4.86. The predicted octanol–water partition coefficient (Wildman–Crippen LogP) is 3.71. The maximum Gasteiger partial charge on any atom is 0.124 e. The van der Waals surface area contributed by atoms with E-state index in [-0.39, 0.29) is 6.61 Å². The van der Waals surface area contributed by atoms with Gasteiger partial charge in [0.1, 0.15) is 5.75 Å². The van der Waals surface area contributed by atoms with Crippen LogP contribution in [-0.2, 0) is 5.54 Å². The molecule has 0 saturated carbocycles. The van der Waals surface area contributed by atoms with Gasteiger partial charge in [-0.05, 0) is 38.5 Å². The van der Waals surface area contributed by atoms with Gasteiger partial charge in [0.05, 0.1) is 18.8 Å². The van der Waals surface area contributed by atoms with Gasteiger partial charge < -0.3 is 15.2 Å². The third-order valence-corrected chi connectivity index (χ3v) is 3.65. The molecule has 3 nitrogen and oxygen atoms in total. The molecular weight excluding hydrogens is 262 g/mol. The van der Waals surface area contributed by atoms with E-state index in [0.717, 1.165) is 22.6 Å². The smallest absolute Gasteiger partial charge is 0.124 e. The number of benzene rings is 2. The van der Waals surface area contributed by atoms with Gasteiger partial charge in [0.15, 0.2) is 0 Å². The van der Waals surface area contributed by atoms with Crippen LogP contribution in [0, 0.1) is 6.92 Å². The summed E-state index contributed by atoms with van der Waals surface area (Å²) in [5.74, 6) is 0.803. The lowest BCUT2D eigenvalue weighted by Gasteiger charge is -2.32. The molecule has 3 heteroatoms. The van der Waals surface area contributed by atoms with Crippen molar-refractivity contribution in [1.82, 2.24) is 0 Å². The van der Waals surface area contributed by atoms with Gasteiger partial charge in [-0.15, -0.1) is 0 Å². The zero-order valence-electron chi connectivity index (χ0n) is 12.9. The minimum atomic E-state index is -0.599. The van der Waals surface area contributed by atoms with Gasteiger partial charge >= 0.3 is 0 Å². The summed E-state index contributed by atoms with van der Waals surface area (Å²) in [6.07, 6.45) is 0. The highest BCUT2D eigenvalue weighted by molar-refractivity contribution is 5.55. The molecule has 0 bridgehead atoms. The van der Waals surface area contributed by atoms with Crippen LogP contribution in [0.5, 0.6) is 5.75 Å². The summed E-state index contributed by atoms with van der Waals surface area (Å²) < 4.78 is 5.70. The predicted molar refractivity (Wildman–Crippen MR) is 86.9 cm³/mol. The molecule has 1 unspecified atom stereocenters. The molecule has 21 heavy (non-hydrogen) atoms. The molecule has 0 aromatic heterocycles. The first kappa shape index (κ1) is 15.4. The number of aryl methyl sites for hydroxylation is 1. The SMILES string of the molecule is CCOc1ccccc1C(C)(CO)Nc1ccccc1C. The van der Waals surface area contributed by atoms with Gasteiger partial charge in [-0.2, -0.15) is 0 Å². The van der Waals surface area contributed by atoms with E-state index in [4.69, 9.17) is 4.74 Å². The van der Waals surface area contributed by atoms with Crippen molar-refractivity contribution in [2.75, 3.05) is 18.5 Å². The van der Waals surface area contributed by atoms with E-state index in [0.29, 0.717) is 6.61 Å². The zero-order chi connectivity index (χ0) is 15.3. The Morgan fingerprint density at radius 2 is 1.76 bits per heavy atom. The van der Waals surface area contributed by atoms with Crippen LogP contribution in [0.15, 0.2) is 48.5 Å². The normalized spacial score (nSPS) is 13.5. The Bertz CT molecular complexity index is 597. The lowest BCUT2D eigenvalue weighted by atomic mass is 9.91. The summed E-state index contributed by atoms with van der Waals surface area (Å²) in [6, 6.07) is 15.9. The van der Waals surface area contributed by atoms with Crippen LogP contribution in [-0.4, -0.2) is 18.3 Å². The highest BCUT2D eigenvalue weighted by Crippen LogP contribution is 2.33. The van der Waals surface area contributed by atoms with E-state index in [9.17, 15) is 5.11 Å². The molecule has 0 amide bonds. The second-order valence-corrected chi connectivity index (χ2v) is 5.36. The molecule has 2 rings (SSSR count). The third-order valence-electron chi connectivity index (χ3n) is 3.65. The Hall–Kier alpha value is -2.00. The zero-order valence-corrected chi connectivity index (χ0v) is 12.9. The molecule has 0 saturated heterocycles. The molecule has 2 aromatic carbocycles. The van der Waals surface area contributed by atoms with Crippen LogP contribution in [0.2, 0.25) is 0 Å². The first-order valence-electron chi connectivity index (χ1n) is 7.27. The van der Waals surface area contributed by atoms with Gasteiger partial charge in [0.25, 0.3) is 0 Å². The number of ether oxygens (including phenoxy) is 1. The van der Waals surface area contributed by atoms with Crippen LogP contribution < -0.4 is 10.1 Å². The second-order valence-electron chi connectivity index (χ2n) is 5.36. The van der Waals surface area contributed by atoms with E-state index in [2.05, 4.69) is 18.3 Å². The van der Waals surface area contributed by atoms with Crippen LogP contribution in [0.4, 0.5) is 5.69 Å². The van der Waals surface area contributed by atoms with Crippen molar-refractivity contribution in [2.24, 2.45) is 0 Å². The van der Waals surface area contributed by atoms with E-state index in [1.165, 1.54) is 0 Å². The van der Waals surface area contributed by atoms with Gasteiger partial charge in [0, 0.05) is 11.3 Å². The minimum absolute atomic E-state index is 0.0224. The standard InChI is InChI=1S/C18H23NO2/c1-4-21-17-12-8-6-10-15(17)18(3,13-20)19-16-11-7-5-9-14(16)2/h5-12,19-20H,4,13H2,1-3H3. The van der Waals surface area contributed by atoms with Gasteiger partial charge in [-0.25, -0.2) is 0 Å². The molecule has 0 aliphatic carbocycles. The lowest BCUT2D eigenvalue weighted by molar-refractivity contribution is 0.218. The van der Waals surface area contributed by atoms with E-state index < -0.39 is 5.54 Å². The molecule has 0 aliphatic heterocycles. The van der Waals surface area contributed by atoms with Crippen LogP contribution >= 0.6 is 0 Å². The fourth-order valence-corrected chi connectivity index (χ4v) is 2.41. The molecule has 0 radical (unpaired) electrons. The quantitative estimate of drug-likeness (QED) is 0.850. The average molecular weight is 285 g/mol. The summed E-state index contributed by atoms with van der Waals surface area (Å²) in [6.45, 7) is 6.57. The number of aliphatic hydroxyl groups is 1. The van der Waals surface area contributed by atoms with Crippen molar-refractivity contribution in [3.05, 3.63) is 59.7 Å². The number of hydrogen-bond acceptors (Lipinski definition) is 3. The van der Waals surface area contributed by atoms with Crippen molar-refractivity contribution in [1.29, 1.82) is 0 Å². The van der Waals surface area contributed by atoms with E-state index >= 15 is 0 Å². The maximum atomic E-state index is 9.97. The van der Waals surface area contributed by atoms with Gasteiger partial charge in [-0.3, -0.25) is 0 Å². The first-order chi connectivity index (χ1) is 10.1. The Balaban J connectivity index is 2.39. The molecule has 112 valence electrons. The molecule has 0 fully saturated rings. The lowest BCUT2D eigenvalue weighted by Crippen LogP contribution is -2.36. The molecule has 0 heterocycles. The number of nitrogens with one attached hydrogen (secondary N) is 1. The molecule has 2 aromatic rings.